The number of aromatic nitrogens is 2. The summed E-state index contributed by atoms with van der Waals surface area (Å²) >= 11 is 0. The fourth-order valence-electron chi connectivity index (χ4n) is 3.82. The standard InChI is InChI=1S/C21H29N5O3S/c1-3-7-16(15-22)23-21(27)11-10-20-24-18-14-17(8-9-19(18)25(20)2)30(28,29)26-12-5-4-6-13-26/h8-9,14,16H,3-7,10-13H2,1-2H3,(H,23,27). The van der Waals surface area contributed by atoms with Gasteiger partial charge in [-0.25, -0.2) is 13.4 Å². The Morgan fingerprint density at radius 2 is 2.03 bits per heavy atom. The first-order chi connectivity index (χ1) is 14.4. The first-order valence-electron chi connectivity index (χ1n) is 10.5. The van der Waals surface area contributed by atoms with Gasteiger partial charge < -0.3 is 9.88 Å². The highest BCUT2D eigenvalue weighted by molar-refractivity contribution is 7.89. The van der Waals surface area contributed by atoms with Gasteiger partial charge in [-0.15, -0.1) is 0 Å². The largest absolute Gasteiger partial charge is 0.340 e. The summed E-state index contributed by atoms with van der Waals surface area (Å²) in [6.45, 7) is 3.09. The lowest BCUT2D eigenvalue weighted by atomic mass is 10.2. The number of nitriles is 1. The normalized spacial score (nSPS) is 16.3. The molecule has 1 aromatic heterocycles. The molecule has 0 bridgehead atoms. The molecule has 1 unspecified atom stereocenters. The van der Waals surface area contributed by atoms with Gasteiger partial charge in [0.25, 0.3) is 0 Å². The molecule has 30 heavy (non-hydrogen) atoms. The number of fused-ring (bicyclic) bond motifs is 1. The fraction of sp³-hybridized carbons (Fsp3) is 0.571. The maximum atomic E-state index is 12.9. The molecule has 9 heteroatoms. The third kappa shape index (κ3) is 4.82. The number of nitrogens with zero attached hydrogens (tertiary/aromatic N) is 4. The van der Waals surface area contributed by atoms with E-state index in [1.54, 1.807) is 22.5 Å². The van der Waals surface area contributed by atoms with Gasteiger partial charge in [0.15, 0.2) is 0 Å². The van der Waals surface area contributed by atoms with E-state index < -0.39 is 16.1 Å². The summed E-state index contributed by atoms with van der Waals surface area (Å²) in [6, 6.07) is 6.66. The minimum atomic E-state index is -3.52. The number of piperidine rings is 1. The van der Waals surface area contributed by atoms with Gasteiger partial charge in [-0.05, 0) is 37.5 Å². The van der Waals surface area contributed by atoms with Crippen molar-refractivity contribution in [3.63, 3.8) is 0 Å². The number of rotatable bonds is 8. The highest BCUT2D eigenvalue weighted by atomic mass is 32.2. The molecule has 0 radical (unpaired) electrons. The van der Waals surface area contributed by atoms with Gasteiger partial charge in [-0.3, -0.25) is 4.79 Å². The van der Waals surface area contributed by atoms with Gasteiger partial charge in [-0.1, -0.05) is 19.8 Å². The SMILES string of the molecule is CCCC(C#N)NC(=O)CCc1nc2cc(S(=O)(=O)N3CCCCC3)ccc2n1C. The molecular weight excluding hydrogens is 402 g/mol. The zero-order valence-electron chi connectivity index (χ0n) is 17.6. The molecule has 1 amide bonds. The maximum Gasteiger partial charge on any atom is 0.243 e. The molecule has 1 fully saturated rings. The predicted octanol–water partition coefficient (Wildman–Crippen LogP) is 2.49. The Balaban J connectivity index is 1.74. The van der Waals surface area contributed by atoms with Gasteiger partial charge in [0, 0.05) is 33.0 Å². The zero-order chi connectivity index (χ0) is 21.7. The number of benzene rings is 1. The van der Waals surface area contributed by atoms with Crippen LogP contribution in [0.25, 0.3) is 11.0 Å². The van der Waals surface area contributed by atoms with E-state index in [4.69, 9.17) is 5.26 Å². The van der Waals surface area contributed by atoms with Crippen molar-refractivity contribution in [1.29, 1.82) is 5.26 Å². The lowest BCUT2D eigenvalue weighted by molar-refractivity contribution is -0.121. The maximum absolute atomic E-state index is 12.9. The van der Waals surface area contributed by atoms with Crippen LogP contribution in [0.3, 0.4) is 0 Å². The fourth-order valence-corrected chi connectivity index (χ4v) is 5.36. The average Bonchev–Trinajstić information content (AvgIpc) is 3.07. The molecule has 2 aromatic rings. The number of hydrogen-bond acceptors (Lipinski definition) is 5. The molecule has 0 spiro atoms. The Bertz CT molecular complexity index is 1050. The minimum absolute atomic E-state index is 0.185. The van der Waals surface area contributed by atoms with Crippen molar-refractivity contribution < 1.29 is 13.2 Å². The molecule has 2 heterocycles. The highest BCUT2D eigenvalue weighted by Crippen LogP contribution is 2.24. The van der Waals surface area contributed by atoms with Crippen LogP contribution in [-0.2, 0) is 28.3 Å². The number of carbonyl (C=O) groups is 1. The van der Waals surface area contributed by atoms with Gasteiger partial charge in [0.1, 0.15) is 11.9 Å². The first-order valence-corrected chi connectivity index (χ1v) is 11.9. The Kier molecular flexibility index (Phi) is 7.10. The number of imidazole rings is 1. The molecule has 162 valence electrons. The summed E-state index contributed by atoms with van der Waals surface area (Å²) in [5.74, 6) is 0.520. The summed E-state index contributed by atoms with van der Waals surface area (Å²) in [5.41, 5.74) is 1.43. The van der Waals surface area contributed by atoms with Gasteiger partial charge in [0.05, 0.1) is 22.0 Å². The van der Waals surface area contributed by atoms with Crippen molar-refractivity contribution in [2.45, 2.75) is 62.8 Å². The van der Waals surface area contributed by atoms with Gasteiger partial charge >= 0.3 is 0 Å². The van der Waals surface area contributed by atoms with Crippen LogP contribution in [-0.4, -0.2) is 47.3 Å². The molecule has 1 N–H and O–H groups in total. The second kappa shape index (κ2) is 9.58. The van der Waals surface area contributed by atoms with Crippen molar-refractivity contribution in [2.75, 3.05) is 13.1 Å². The van der Waals surface area contributed by atoms with Gasteiger partial charge in [-0.2, -0.15) is 9.57 Å². The highest BCUT2D eigenvalue weighted by Gasteiger charge is 2.26. The van der Waals surface area contributed by atoms with Crippen LogP contribution in [0.15, 0.2) is 23.1 Å². The number of nitrogens with one attached hydrogen (secondary N) is 1. The van der Waals surface area contributed by atoms with E-state index in [0.29, 0.717) is 37.3 Å². The Morgan fingerprint density at radius 1 is 1.30 bits per heavy atom. The number of hydrogen-bond donors (Lipinski definition) is 1. The van der Waals surface area contributed by atoms with Crippen molar-refractivity contribution in [1.82, 2.24) is 19.2 Å². The van der Waals surface area contributed by atoms with Crippen molar-refractivity contribution in [3.8, 4) is 6.07 Å². The average molecular weight is 432 g/mol. The van der Waals surface area contributed by atoms with Crippen LogP contribution < -0.4 is 5.32 Å². The van der Waals surface area contributed by atoms with E-state index in [1.807, 2.05) is 18.5 Å². The number of aryl methyl sites for hydroxylation is 2. The van der Waals surface area contributed by atoms with Crippen LogP contribution >= 0.6 is 0 Å². The number of sulfonamides is 1. The van der Waals surface area contributed by atoms with Crippen LogP contribution in [0.4, 0.5) is 0 Å². The zero-order valence-corrected chi connectivity index (χ0v) is 18.4. The summed E-state index contributed by atoms with van der Waals surface area (Å²) < 4.78 is 29.3. The predicted molar refractivity (Wildman–Crippen MR) is 114 cm³/mol. The van der Waals surface area contributed by atoms with E-state index in [1.165, 1.54) is 0 Å². The van der Waals surface area contributed by atoms with Crippen LogP contribution in [0.2, 0.25) is 0 Å². The second-order valence-corrected chi connectivity index (χ2v) is 9.68. The molecule has 0 aliphatic carbocycles. The molecular formula is C21H29N5O3S. The first kappa shape index (κ1) is 22.2. The summed E-state index contributed by atoms with van der Waals surface area (Å²) in [4.78, 5) is 17.0. The molecule has 1 aliphatic heterocycles. The minimum Gasteiger partial charge on any atom is -0.340 e. The molecule has 1 aromatic carbocycles. The molecule has 1 aliphatic rings. The summed E-state index contributed by atoms with van der Waals surface area (Å²) in [7, 11) is -1.66. The quantitative estimate of drug-likeness (QED) is 0.691. The smallest absolute Gasteiger partial charge is 0.243 e. The van der Waals surface area contributed by atoms with Crippen LogP contribution in [0, 0.1) is 11.3 Å². The third-order valence-corrected chi connectivity index (χ3v) is 7.44. The number of amides is 1. The molecule has 1 saturated heterocycles. The van der Waals surface area contributed by atoms with Crippen molar-refractivity contribution in [3.05, 3.63) is 24.0 Å². The molecule has 3 rings (SSSR count). The number of carbonyl (C=O) groups excluding carboxylic acids is 1. The van der Waals surface area contributed by atoms with E-state index in [-0.39, 0.29) is 17.2 Å². The van der Waals surface area contributed by atoms with E-state index >= 15 is 0 Å². The lowest BCUT2D eigenvalue weighted by Crippen LogP contribution is -2.35. The Labute approximate surface area is 177 Å². The molecule has 1 atom stereocenters. The van der Waals surface area contributed by atoms with E-state index in [9.17, 15) is 13.2 Å². The Morgan fingerprint density at radius 3 is 2.70 bits per heavy atom. The van der Waals surface area contributed by atoms with E-state index in [0.717, 1.165) is 31.2 Å². The molecule has 8 nitrogen and oxygen atoms in total. The van der Waals surface area contributed by atoms with Gasteiger partial charge in [0.2, 0.25) is 15.9 Å². The van der Waals surface area contributed by atoms with E-state index in [2.05, 4.69) is 16.4 Å². The van der Waals surface area contributed by atoms with Crippen LogP contribution in [0.5, 0.6) is 0 Å². The Hall–Kier alpha value is -2.44. The molecule has 0 saturated carbocycles. The second-order valence-electron chi connectivity index (χ2n) is 7.74. The monoisotopic (exact) mass is 431 g/mol. The lowest BCUT2D eigenvalue weighted by Gasteiger charge is -2.25. The summed E-state index contributed by atoms with van der Waals surface area (Å²) in [6.07, 6.45) is 4.93. The third-order valence-electron chi connectivity index (χ3n) is 5.54. The topological polar surface area (TPSA) is 108 Å². The van der Waals surface area contributed by atoms with Crippen molar-refractivity contribution >= 4 is 27.0 Å². The van der Waals surface area contributed by atoms with Crippen LogP contribution in [0.1, 0.15) is 51.3 Å². The summed E-state index contributed by atoms with van der Waals surface area (Å²) in [5, 5.41) is 11.8. The van der Waals surface area contributed by atoms with Crippen molar-refractivity contribution in [2.24, 2.45) is 7.05 Å².